The van der Waals surface area contributed by atoms with Gasteiger partial charge in [-0.15, -0.1) is 24.0 Å². The van der Waals surface area contributed by atoms with Crippen LogP contribution in [0.3, 0.4) is 0 Å². The van der Waals surface area contributed by atoms with E-state index in [1.165, 1.54) is 24.8 Å². The maximum atomic E-state index is 6.06. The van der Waals surface area contributed by atoms with E-state index in [-0.39, 0.29) is 29.4 Å². The summed E-state index contributed by atoms with van der Waals surface area (Å²) in [5, 5.41) is 8.18. The summed E-state index contributed by atoms with van der Waals surface area (Å²) in [5.41, 5.74) is 1.51. The van der Waals surface area contributed by atoms with Gasteiger partial charge in [0.05, 0.1) is 12.3 Å². The van der Waals surface area contributed by atoms with Crippen LogP contribution in [0.25, 0.3) is 0 Å². The van der Waals surface area contributed by atoms with Crippen LogP contribution in [-0.4, -0.2) is 59.0 Å². The van der Waals surface area contributed by atoms with Gasteiger partial charge in [0.2, 0.25) is 0 Å². The van der Waals surface area contributed by atoms with Gasteiger partial charge in [0.25, 0.3) is 0 Å². The molecule has 1 aliphatic carbocycles. The van der Waals surface area contributed by atoms with Crippen LogP contribution in [0.15, 0.2) is 17.4 Å². The number of ether oxygens (including phenoxy) is 1. The third-order valence-electron chi connectivity index (χ3n) is 6.61. The zero-order valence-electron chi connectivity index (χ0n) is 17.0. The van der Waals surface area contributed by atoms with E-state index in [1.54, 1.807) is 0 Å². The zero-order chi connectivity index (χ0) is 18.3. The van der Waals surface area contributed by atoms with Gasteiger partial charge in [0.1, 0.15) is 0 Å². The van der Waals surface area contributed by atoms with Gasteiger partial charge in [0.15, 0.2) is 5.96 Å². The van der Waals surface area contributed by atoms with Crippen LogP contribution < -0.4 is 5.32 Å². The SMILES string of the molecule is CCN=C(NC1C2CCCOC2C1(C)C)N1CCC(c2cnn(C)c2)C1.I. The lowest BCUT2D eigenvalue weighted by atomic mass is 9.55. The van der Waals surface area contributed by atoms with E-state index in [9.17, 15) is 0 Å². The van der Waals surface area contributed by atoms with Crippen molar-refractivity contribution in [3.63, 3.8) is 0 Å². The average molecular weight is 487 g/mol. The lowest BCUT2D eigenvalue weighted by Gasteiger charge is -2.60. The quantitative estimate of drug-likeness (QED) is 0.405. The number of hydrogen-bond acceptors (Lipinski definition) is 3. The van der Waals surface area contributed by atoms with Crippen molar-refractivity contribution in [2.24, 2.45) is 23.4 Å². The highest BCUT2D eigenvalue weighted by atomic mass is 127. The smallest absolute Gasteiger partial charge is 0.194 e. The Morgan fingerprint density at radius 2 is 2.22 bits per heavy atom. The predicted octanol–water partition coefficient (Wildman–Crippen LogP) is 3.00. The van der Waals surface area contributed by atoms with Gasteiger partial charge in [-0.1, -0.05) is 13.8 Å². The number of aryl methyl sites for hydroxylation is 1. The van der Waals surface area contributed by atoms with E-state index in [0.29, 0.717) is 24.0 Å². The van der Waals surface area contributed by atoms with Gasteiger partial charge in [-0.05, 0) is 31.7 Å². The normalized spacial score (nSPS) is 32.4. The van der Waals surface area contributed by atoms with Crippen molar-refractivity contribution in [3.8, 4) is 0 Å². The number of rotatable bonds is 3. The summed E-state index contributed by atoms with van der Waals surface area (Å²) in [6.45, 7) is 10.6. The maximum absolute atomic E-state index is 6.06. The molecule has 0 radical (unpaired) electrons. The standard InChI is InChI=1S/C20H33N5O.HI/c1-5-21-19(23-17-16-7-6-10-26-18(16)20(17,2)3)25-9-8-14(13-25)15-11-22-24(4)12-15;/h11-12,14,16-18H,5-10,13H2,1-4H3,(H,21,23);1H. The number of aliphatic imine (C=N–C) groups is 1. The Balaban J connectivity index is 0.00000210. The summed E-state index contributed by atoms with van der Waals surface area (Å²) < 4.78 is 7.96. The highest BCUT2D eigenvalue weighted by molar-refractivity contribution is 14.0. The molecule has 0 bridgehead atoms. The van der Waals surface area contributed by atoms with Crippen molar-refractivity contribution >= 4 is 29.9 Å². The Kier molecular flexibility index (Phi) is 6.40. The van der Waals surface area contributed by atoms with Gasteiger partial charge in [-0.25, -0.2) is 0 Å². The second kappa shape index (κ2) is 8.27. The molecular formula is C20H34IN5O. The number of hydrogen-bond donors (Lipinski definition) is 1. The van der Waals surface area contributed by atoms with Crippen molar-refractivity contribution in [2.45, 2.75) is 58.1 Å². The Morgan fingerprint density at radius 1 is 1.41 bits per heavy atom. The number of nitrogens with one attached hydrogen (secondary N) is 1. The highest BCUT2D eigenvalue weighted by Gasteiger charge is 2.58. The average Bonchev–Trinajstić information content (AvgIpc) is 3.27. The van der Waals surface area contributed by atoms with Crippen molar-refractivity contribution in [1.29, 1.82) is 0 Å². The largest absolute Gasteiger partial charge is 0.377 e. The molecule has 152 valence electrons. The molecule has 4 atom stereocenters. The molecule has 2 aliphatic heterocycles. The summed E-state index contributed by atoms with van der Waals surface area (Å²) in [5.74, 6) is 2.26. The number of aromatic nitrogens is 2. The molecule has 3 fully saturated rings. The van der Waals surface area contributed by atoms with Crippen LogP contribution in [0.4, 0.5) is 0 Å². The molecule has 1 N–H and O–H groups in total. The molecular weight excluding hydrogens is 453 g/mol. The van der Waals surface area contributed by atoms with Gasteiger partial charge in [-0.2, -0.15) is 5.10 Å². The summed E-state index contributed by atoms with van der Waals surface area (Å²) in [6, 6.07) is 0.454. The molecule has 3 aliphatic rings. The third kappa shape index (κ3) is 3.86. The predicted molar refractivity (Wildman–Crippen MR) is 119 cm³/mol. The third-order valence-corrected chi connectivity index (χ3v) is 6.61. The van der Waals surface area contributed by atoms with Crippen LogP contribution in [0, 0.1) is 11.3 Å². The van der Waals surface area contributed by atoms with E-state index in [1.807, 2.05) is 17.9 Å². The fourth-order valence-electron chi connectivity index (χ4n) is 5.22. The van der Waals surface area contributed by atoms with E-state index in [2.05, 4.69) is 42.3 Å². The monoisotopic (exact) mass is 487 g/mol. The lowest BCUT2D eigenvalue weighted by Crippen LogP contribution is -2.71. The Hall–Kier alpha value is -0.830. The summed E-state index contributed by atoms with van der Waals surface area (Å²) >= 11 is 0. The minimum absolute atomic E-state index is 0. The number of halogens is 1. The molecule has 6 nitrogen and oxygen atoms in total. The molecule has 4 unspecified atom stereocenters. The fraction of sp³-hybridized carbons (Fsp3) is 0.800. The summed E-state index contributed by atoms with van der Waals surface area (Å²) in [7, 11) is 1.99. The molecule has 4 rings (SSSR count). The Labute approximate surface area is 180 Å². The van der Waals surface area contributed by atoms with Crippen LogP contribution in [0.2, 0.25) is 0 Å². The molecule has 0 spiro atoms. The first-order valence-electron chi connectivity index (χ1n) is 10.2. The molecule has 1 aromatic rings. The molecule has 2 saturated heterocycles. The first-order chi connectivity index (χ1) is 12.5. The number of likely N-dealkylation sites (tertiary alicyclic amines) is 1. The van der Waals surface area contributed by atoms with Crippen LogP contribution in [0.5, 0.6) is 0 Å². The van der Waals surface area contributed by atoms with Crippen LogP contribution in [0.1, 0.15) is 51.5 Å². The van der Waals surface area contributed by atoms with Gasteiger partial charge < -0.3 is 15.0 Å². The van der Waals surface area contributed by atoms with E-state index in [4.69, 9.17) is 9.73 Å². The first kappa shape index (κ1) is 20.9. The summed E-state index contributed by atoms with van der Waals surface area (Å²) in [4.78, 5) is 7.27. The van der Waals surface area contributed by atoms with Crippen molar-refractivity contribution in [3.05, 3.63) is 18.0 Å². The van der Waals surface area contributed by atoms with Crippen molar-refractivity contribution in [1.82, 2.24) is 20.0 Å². The lowest BCUT2D eigenvalue weighted by molar-refractivity contribution is -0.188. The van der Waals surface area contributed by atoms with E-state index < -0.39 is 0 Å². The molecule has 0 aromatic carbocycles. The van der Waals surface area contributed by atoms with Crippen molar-refractivity contribution < 1.29 is 4.74 Å². The molecule has 1 saturated carbocycles. The van der Waals surface area contributed by atoms with Gasteiger partial charge in [0, 0.05) is 62.8 Å². The van der Waals surface area contributed by atoms with Gasteiger partial charge in [-0.3, -0.25) is 9.67 Å². The number of fused-ring (bicyclic) bond motifs is 1. The fourth-order valence-corrected chi connectivity index (χ4v) is 5.22. The summed E-state index contributed by atoms with van der Waals surface area (Å²) in [6.07, 6.45) is 8.18. The molecule has 0 amide bonds. The second-order valence-corrected chi connectivity index (χ2v) is 8.72. The number of nitrogens with zero attached hydrogens (tertiary/aromatic N) is 4. The minimum Gasteiger partial charge on any atom is -0.377 e. The van der Waals surface area contributed by atoms with E-state index >= 15 is 0 Å². The Morgan fingerprint density at radius 3 is 2.93 bits per heavy atom. The number of guanidine groups is 1. The highest BCUT2D eigenvalue weighted by Crippen LogP contribution is 2.51. The van der Waals surface area contributed by atoms with Crippen molar-refractivity contribution in [2.75, 3.05) is 26.2 Å². The molecule has 1 aromatic heterocycles. The maximum Gasteiger partial charge on any atom is 0.194 e. The second-order valence-electron chi connectivity index (χ2n) is 8.72. The Bertz CT molecular complexity index is 673. The zero-order valence-corrected chi connectivity index (χ0v) is 19.3. The molecule has 3 heterocycles. The van der Waals surface area contributed by atoms with Gasteiger partial charge >= 0.3 is 0 Å². The molecule has 27 heavy (non-hydrogen) atoms. The minimum atomic E-state index is 0. The topological polar surface area (TPSA) is 54.7 Å². The van der Waals surface area contributed by atoms with E-state index in [0.717, 1.165) is 32.2 Å². The van der Waals surface area contributed by atoms with Crippen LogP contribution in [-0.2, 0) is 11.8 Å². The van der Waals surface area contributed by atoms with Crippen LogP contribution >= 0.6 is 24.0 Å². The molecule has 7 heteroatoms. The first-order valence-corrected chi connectivity index (χ1v) is 10.2.